The Hall–Kier alpha value is -4.26. The summed E-state index contributed by atoms with van der Waals surface area (Å²) in [6.45, 7) is 0. The zero-order valence-corrected chi connectivity index (χ0v) is 16.5. The molecule has 156 valence electrons. The van der Waals surface area contributed by atoms with Gasteiger partial charge in [-0.3, -0.25) is 9.59 Å². The van der Waals surface area contributed by atoms with E-state index in [4.69, 9.17) is 16.2 Å². The number of hydrogen-bond acceptors (Lipinski definition) is 7. The third kappa shape index (κ3) is 4.06. The second-order valence-corrected chi connectivity index (χ2v) is 7.31. The van der Waals surface area contributed by atoms with Crippen LogP contribution in [0.4, 0.5) is 11.4 Å². The largest absolute Gasteiger partial charge is 0.507 e. The summed E-state index contributed by atoms with van der Waals surface area (Å²) < 4.78 is 4.89. The molecule has 0 aliphatic heterocycles. The minimum absolute atomic E-state index is 0.0617. The maximum Gasteiger partial charge on any atom is 0.318 e. The van der Waals surface area contributed by atoms with E-state index in [1.165, 1.54) is 0 Å². The zero-order chi connectivity index (χ0) is 22.1. The fraction of sp³-hybridized carbons (Fsp3) is 0.0833. The van der Waals surface area contributed by atoms with Crippen molar-refractivity contribution in [1.82, 2.24) is 0 Å². The average Bonchev–Trinajstić information content (AvgIpc) is 2.72. The van der Waals surface area contributed by atoms with E-state index in [2.05, 4.69) is 0 Å². The first-order valence-corrected chi connectivity index (χ1v) is 9.55. The van der Waals surface area contributed by atoms with Gasteiger partial charge in [-0.1, -0.05) is 24.3 Å². The minimum atomic E-state index is -0.803. The summed E-state index contributed by atoms with van der Waals surface area (Å²) in [6, 6.07) is 16.7. The molecule has 7 nitrogen and oxygen atoms in total. The fourth-order valence-corrected chi connectivity index (χ4v) is 3.55. The van der Waals surface area contributed by atoms with Gasteiger partial charge in [0.2, 0.25) is 0 Å². The van der Waals surface area contributed by atoms with Gasteiger partial charge in [-0.25, -0.2) is 0 Å². The van der Waals surface area contributed by atoms with Crippen LogP contribution in [0.3, 0.4) is 0 Å². The Kier molecular flexibility index (Phi) is 5.09. The Balaban J connectivity index is 1.46. The predicted molar refractivity (Wildman–Crippen MR) is 119 cm³/mol. The second kappa shape index (κ2) is 7.87. The Morgan fingerprint density at radius 1 is 0.677 bits per heavy atom. The van der Waals surface area contributed by atoms with Gasteiger partial charge < -0.3 is 26.4 Å². The molecule has 4 aromatic rings. The zero-order valence-electron chi connectivity index (χ0n) is 16.5. The summed E-state index contributed by atoms with van der Waals surface area (Å²) in [6.07, 6.45) is -0.554. The van der Waals surface area contributed by atoms with Gasteiger partial charge in [-0.2, -0.15) is 0 Å². The Morgan fingerprint density at radius 3 is 1.52 bits per heavy atom. The smallest absolute Gasteiger partial charge is 0.318 e. The number of ether oxygens (including phenoxy) is 1. The highest BCUT2D eigenvalue weighted by molar-refractivity contribution is 5.95. The van der Waals surface area contributed by atoms with Crippen LogP contribution in [0.5, 0.6) is 11.5 Å². The summed E-state index contributed by atoms with van der Waals surface area (Å²) in [4.78, 5) is 24.5. The molecule has 31 heavy (non-hydrogen) atoms. The molecule has 4 rings (SSSR count). The maximum atomic E-state index is 12.2. The van der Waals surface area contributed by atoms with Gasteiger partial charge >= 0.3 is 11.9 Å². The molecule has 0 aromatic heterocycles. The summed E-state index contributed by atoms with van der Waals surface area (Å²) in [7, 11) is 0. The van der Waals surface area contributed by atoms with Crippen molar-refractivity contribution >= 4 is 44.9 Å². The molecular weight excluding hydrogens is 396 g/mol. The number of phenols is 2. The van der Waals surface area contributed by atoms with E-state index in [1.54, 1.807) is 60.7 Å². The molecule has 0 saturated carbocycles. The van der Waals surface area contributed by atoms with Crippen molar-refractivity contribution in [2.24, 2.45) is 0 Å². The van der Waals surface area contributed by atoms with Gasteiger partial charge in [0.05, 0.1) is 12.8 Å². The summed E-state index contributed by atoms with van der Waals surface area (Å²) >= 11 is 0. The number of anilines is 2. The molecule has 0 unspecified atom stereocenters. The van der Waals surface area contributed by atoms with Crippen molar-refractivity contribution in [3.63, 3.8) is 0 Å². The number of rotatable bonds is 4. The monoisotopic (exact) mass is 416 g/mol. The molecule has 0 aliphatic carbocycles. The molecule has 0 bridgehead atoms. The van der Waals surface area contributed by atoms with Crippen molar-refractivity contribution in [3.05, 3.63) is 71.8 Å². The molecule has 0 spiro atoms. The van der Waals surface area contributed by atoms with Crippen molar-refractivity contribution in [3.8, 4) is 11.5 Å². The lowest BCUT2D eigenvalue weighted by atomic mass is 10.0. The van der Waals surface area contributed by atoms with Gasteiger partial charge in [0, 0.05) is 33.3 Å². The summed E-state index contributed by atoms with van der Waals surface area (Å²) in [5.74, 6) is -1.73. The van der Waals surface area contributed by atoms with Crippen LogP contribution in [-0.2, 0) is 27.2 Å². The number of carbonyl (C=O) groups is 2. The third-order valence-corrected chi connectivity index (χ3v) is 5.10. The molecule has 0 atom stereocenters. The molecule has 4 aromatic carbocycles. The number of phenolic OH excluding ortho intramolecular Hbond substituents is 2. The van der Waals surface area contributed by atoms with Gasteiger partial charge in [0.1, 0.15) is 11.5 Å². The van der Waals surface area contributed by atoms with Crippen LogP contribution in [0.25, 0.3) is 21.5 Å². The lowest BCUT2D eigenvalue weighted by Gasteiger charge is -2.10. The first-order valence-electron chi connectivity index (χ1n) is 9.55. The third-order valence-electron chi connectivity index (χ3n) is 5.10. The Morgan fingerprint density at radius 2 is 1.10 bits per heavy atom. The van der Waals surface area contributed by atoms with E-state index in [-0.39, 0.29) is 24.3 Å². The van der Waals surface area contributed by atoms with E-state index in [0.717, 1.165) is 10.8 Å². The van der Waals surface area contributed by atoms with Gasteiger partial charge in [0.15, 0.2) is 0 Å². The molecule has 0 heterocycles. The molecule has 0 fully saturated rings. The van der Waals surface area contributed by atoms with Crippen LogP contribution in [-0.4, -0.2) is 22.2 Å². The van der Waals surface area contributed by atoms with Crippen LogP contribution in [0, 0.1) is 0 Å². The molecule has 7 heteroatoms. The number of aromatic hydroxyl groups is 2. The predicted octanol–water partition coefficient (Wildman–Crippen LogP) is 3.42. The lowest BCUT2D eigenvalue weighted by Crippen LogP contribution is -2.16. The second-order valence-electron chi connectivity index (χ2n) is 7.31. The van der Waals surface area contributed by atoms with E-state index in [0.29, 0.717) is 33.3 Å². The van der Waals surface area contributed by atoms with E-state index < -0.39 is 11.9 Å². The van der Waals surface area contributed by atoms with Crippen molar-refractivity contribution < 1.29 is 24.5 Å². The van der Waals surface area contributed by atoms with Crippen LogP contribution in [0.2, 0.25) is 0 Å². The topological polar surface area (TPSA) is 136 Å². The van der Waals surface area contributed by atoms with Gasteiger partial charge in [-0.05, 0) is 47.2 Å². The number of nitrogens with two attached hydrogens (primary N) is 2. The number of carbonyl (C=O) groups excluding carboxylic acids is 2. The van der Waals surface area contributed by atoms with E-state index in [9.17, 15) is 19.8 Å². The Bertz CT molecular complexity index is 1240. The standard InChI is InChI=1S/C24H20N2O5/c25-17-5-7-19-13(9-17)1-3-15(23(19)29)11-21(27)31-22(28)12-16-4-2-14-10-18(26)6-8-20(14)24(16)30/h1-10,29-30H,11-12,25-26H2. The molecule has 0 amide bonds. The summed E-state index contributed by atoms with van der Waals surface area (Å²) in [5, 5.41) is 23.4. The maximum absolute atomic E-state index is 12.2. The molecular formula is C24H20N2O5. The molecule has 6 N–H and O–H groups in total. The number of fused-ring (bicyclic) bond motifs is 2. The highest BCUT2D eigenvalue weighted by Crippen LogP contribution is 2.32. The highest BCUT2D eigenvalue weighted by Gasteiger charge is 2.17. The fourth-order valence-electron chi connectivity index (χ4n) is 3.55. The first kappa shape index (κ1) is 20.0. The molecule has 0 aliphatic rings. The summed E-state index contributed by atoms with van der Waals surface area (Å²) in [5.41, 5.74) is 13.3. The van der Waals surface area contributed by atoms with Crippen molar-refractivity contribution in [1.29, 1.82) is 0 Å². The van der Waals surface area contributed by atoms with Crippen molar-refractivity contribution in [2.75, 3.05) is 11.5 Å². The van der Waals surface area contributed by atoms with Crippen molar-refractivity contribution in [2.45, 2.75) is 12.8 Å². The quantitative estimate of drug-likeness (QED) is 0.227. The number of benzene rings is 4. The van der Waals surface area contributed by atoms with E-state index >= 15 is 0 Å². The number of esters is 2. The normalized spacial score (nSPS) is 11.0. The average molecular weight is 416 g/mol. The van der Waals surface area contributed by atoms with Crippen LogP contribution < -0.4 is 11.5 Å². The van der Waals surface area contributed by atoms with E-state index in [1.807, 2.05) is 0 Å². The molecule has 0 saturated heterocycles. The van der Waals surface area contributed by atoms with Crippen LogP contribution >= 0.6 is 0 Å². The van der Waals surface area contributed by atoms with Crippen LogP contribution in [0.15, 0.2) is 60.7 Å². The molecule has 0 radical (unpaired) electrons. The van der Waals surface area contributed by atoms with Gasteiger partial charge in [-0.15, -0.1) is 0 Å². The Labute approximate surface area is 177 Å². The number of nitrogen functional groups attached to an aromatic ring is 2. The lowest BCUT2D eigenvalue weighted by molar-refractivity contribution is -0.158. The number of hydrogen-bond donors (Lipinski definition) is 4. The van der Waals surface area contributed by atoms with Gasteiger partial charge in [0.25, 0.3) is 0 Å². The highest BCUT2D eigenvalue weighted by atomic mass is 16.6. The SMILES string of the molecule is Nc1ccc2c(O)c(CC(=O)OC(=O)Cc3ccc4cc(N)ccc4c3O)ccc2c1. The first-order chi connectivity index (χ1) is 14.8. The van der Waals surface area contributed by atoms with Crippen LogP contribution in [0.1, 0.15) is 11.1 Å². The minimum Gasteiger partial charge on any atom is -0.507 e.